The van der Waals surface area contributed by atoms with Gasteiger partial charge in [0.15, 0.2) is 0 Å². The first kappa shape index (κ1) is 37.0. The number of fused-ring (bicyclic) bond motifs is 6. The Bertz CT molecular complexity index is 2650. The molecule has 0 aliphatic heterocycles. The van der Waals surface area contributed by atoms with Gasteiger partial charge in [0.25, 0.3) is 0 Å². The molecule has 6 aromatic carbocycles. The zero-order valence-corrected chi connectivity index (χ0v) is 33.7. The number of hydrogen-bond acceptors (Lipinski definition) is 2. The molecular formula is C54H49NS. The van der Waals surface area contributed by atoms with Gasteiger partial charge in [-0.25, -0.2) is 0 Å². The maximum Gasteiger partial charge on any atom is 0.0417 e. The van der Waals surface area contributed by atoms with Crippen molar-refractivity contribution in [1.82, 2.24) is 0 Å². The first-order valence-electron chi connectivity index (χ1n) is 19.6. The van der Waals surface area contributed by atoms with Crippen molar-refractivity contribution in [1.29, 1.82) is 0 Å². The van der Waals surface area contributed by atoms with E-state index in [-0.39, 0.29) is 10.8 Å². The molecule has 1 aromatic heterocycles. The summed E-state index contributed by atoms with van der Waals surface area (Å²) in [5, 5.41) is 2.62. The molecule has 0 amide bonds. The number of allylic oxidation sites excluding steroid dienone is 7. The third-order valence-electron chi connectivity index (χ3n) is 11.6. The number of aryl methyl sites for hydroxylation is 1. The highest BCUT2D eigenvalue weighted by molar-refractivity contribution is 7.25. The molecule has 0 saturated heterocycles. The zero-order valence-electron chi connectivity index (χ0n) is 32.9. The number of nitrogens with zero attached hydrogens (tertiary/aromatic N) is 1. The number of benzene rings is 6. The molecule has 0 N–H and O–H groups in total. The molecule has 0 spiro atoms. The number of hydrogen-bond donors (Lipinski definition) is 0. The molecule has 9 rings (SSSR count). The average Bonchev–Trinajstić information content (AvgIpc) is 3.72. The lowest BCUT2D eigenvalue weighted by Crippen LogP contribution is -2.27. The van der Waals surface area contributed by atoms with Gasteiger partial charge in [-0.2, -0.15) is 0 Å². The standard InChI is InChI=1S/C47H41NS.C7H8/c1-5-33(34-22-25-45-41(31-34)40-19-10-12-21-44(40)49-45)15-13-14-30-48(36-26-28-47(4,29-27-36)35-16-7-6-8-17-35)37-23-24-39-38-18-9-11-20-42(38)46(2,3)43(39)32-37;1-7-5-3-2-4-6-7/h5-28,31-32H,1,29-30H2,2-4H3;2-6H,1H3/b14-13-,33-15+;. The average molecular weight is 744 g/mol. The van der Waals surface area contributed by atoms with Crippen LogP contribution in [0.3, 0.4) is 0 Å². The molecule has 1 heterocycles. The minimum absolute atomic E-state index is 0.0235. The van der Waals surface area contributed by atoms with E-state index in [1.54, 1.807) is 0 Å². The summed E-state index contributed by atoms with van der Waals surface area (Å²) in [7, 11) is 0. The van der Waals surface area contributed by atoms with E-state index in [0.29, 0.717) is 0 Å². The van der Waals surface area contributed by atoms with E-state index in [9.17, 15) is 0 Å². The largest absolute Gasteiger partial charge is 0.338 e. The molecule has 1 atom stereocenters. The van der Waals surface area contributed by atoms with Crippen molar-refractivity contribution in [3.8, 4) is 11.1 Å². The van der Waals surface area contributed by atoms with Crippen LogP contribution in [0.5, 0.6) is 0 Å². The molecule has 2 aliphatic carbocycles. The predicted molar refractivity (Wildman–Crippen MR) is 245 cm³/mol. The highest BCUT2D eigenvalue weighted by Gasteiger charge is 2.36. The lowest BCUT2D eigenvalue weighted by molar-refractivity contribution is 0.594. The molecule has 1 unspecified atom stereocenters. The van der Waals surface area contributed by atoms with Crippen LogP contribution in [0.25, 0.3) is 36.9 Å². The van der Waals surface area contributed by atoms with Gasteiger partial charge in [-0.15, -0.1) is 11.3 Å². The van der Waals surface area contributed by atoms with E-state index >= 15 is 0 Å². The first-order chi connectivity index (χ1) is 27.2. The van der Waals surface area contributed by atoms with Crippen LogP contribution in [0.2, 0.25) is 0 Å². The highest BCUT2D eigenvalue weighted by Crippen LogP contribution is 2.50. The van der Waals surface area contributed by atoms with Crippen LogP contribution in [0.1, 0.15) is 55.0 Å². The van der Waals surface area contributed by atoms with Crippen LogP contribution >= 0.6 is 11.3 Å². The normalized spacial score (nSPS) is 16.9. The molecule has 1 nitrogen and oxygen atoms in total. The Hall–Kier alpha value is -5.96. The fourth-order valence-electron chi connectivity index (χ4n) is 8.24. The second kappa shape index (κ2) is 15.6. The summed E-state index contributed by atoms with van der Waals surface area (Å²) >= 11 is 1.85. The third-order valence-corrected chi connectivity index (χ3v) is 12.7. The van der Waals surface area contributed by atoms with Crippen molar-refractivity contribution < 1.29 is 0 Å². The molecule has 56 heavy (non-hydrogen) atoms. The predicted octanol–water partition coefficient (Wildman–Crippen LogP) is 14.8. The summed E-state index contributed by atoms with van der Waals surface area (Å²) in [5.74, 6) is 0. The van der Waals surface area contributed by atoms with E-state index < -0.39 is 0 Å². The van der Waals surface area contributed by atoms with Gasteiger partial charge in [0.2, 0.25) is 0 Å². The van der Waals surface area contributed by atoms with Crippen molar-refractivity contribution in [2.24, 2.45) is 0 Å². The van der Waals surface area contributed by atoms with Crippen molar-refractivity contribution >= 4 is 42.8 Å². The first-order valence-corrected chi connectivity index (χ1v) is 20.5. The SMILES string of the molecule is C=C/C(=C\C=C/CN(C1=CCC(C)(c2ccccc2)C=C1)c1ccc2c(c1)C(C)(C)c1ccccc1-2)c1ccc2sc3ccccc3c2c1.Cc1ccccc1. The van der Waals surface area contributed by atoms with Gasteiger partial charge in [0, 0.05) is 48.9 Å². The summed E-state index contributed by atoms with van der Waals surface area (Å²) in [6, 6.07) is 52.5. The molecule has 0 saturated carbocycles. The molecule has 2 aliphatic rings. The van der Waals surface area contributed by atoms with Gasteiger partial charge in [0.1, 0.15) is 0 Å². The van der Waals surface area contributed by atoms with Crippen molar-refractivity contribution in [2.75, 3.05) is 11.4 Å². The summed E-state index contributed by atoms with van der Waals surface area (Å²) in [6.45, 7) is 14.1. The lowest BCUT2D eigenvalue weighted by Gasteiger charge is -2.33. The molecule has 276 valence electrons. The van der Waals surface area contributed by atoms with Gasteiger partial charge >= 0.3 is 0 Å². The Morgan fingerprint density at radius 2 is 1.41 bits per heavy atom. The van der Waals surface area contributed by atoms with Gasteiger partial charge in [-0.05, 0) is 88.7 Å². The summed E-state index contributed by atoms with van der Waals surface area (Å²) in [5.41, 5.74) is 12.8. The number of rotatable bonds is 8. The third kappa shape index (κ3) is 7.26. The Balaban J connectivity index is 0.000000570. The van der Waals surface area contributed by atoms with E-state index in [1.807, 2.05) is 35.6 Å². The van der Waals surface area contributed by atoms with Crippen molar-refractivity contribution in [2.45, 2.75) is 44.9 Å². The van der Waals surface area contributed by atoms with E-state index in [4.69, 9.17) is 0 Å². The van der Waals surface area contributed by atoms with Crippen LogP contribution in [0, 0.1) is 6.92 Å². The summed E-state index contributed by atoms with van der Waals surface area (Å²) in [4.78, 5) is 2.46. The fraction of sp³-hybridized carbons (Fsp3) is 0.148. The van der Waals surface area contributed by atoms with Crippen LogP contribution < -0.4 is 4.90 Å². The van der Waals surface area contributed by atoms with E-state index in [1.165, 1.54) is 70.5 Å². The van der Waals surface area contributed by atoms with Crippen LogP contribution in [-0.2, 0) is 10.8 Å². The van der Waals surface area contributed by atoms with Crippen LogP contribution in [0.4, 0.5) is 5.69 Å². The monoisotopic (exact) mass is 743 g/mol. The smallest absolute Gasteiger partial charge is 0.0417 e. The van der Waals surface area contributed by atoms with Crippen LogP contribution in [-0.4, -0.2) is 6.54 Å². The Kier molecular flexibility index (Phi) is 10.3. The molecular weight excluding hydrogens is 695 g/mol. The quantitative estimate of drug-likeness (QED) is 0.140. The fourth-order valence-corrected chi connectivity index (χ4v) is 9.32. The Morgan fingerprint density at radius 3 is 2.14 bits per heavy atom. The summed E-state index contributed by atoms with van der Waals surface area (Å²) in [6.07, 6.45) is 16.7. The minimum atomic E-state index is -0.0530. The second-order valence-electron chi connectivity index (χ2n) is 15.7. The number of anilines is 1. The number of thiophene rings is 1. The van der Waals surface area contributed by atoms with E-state index in [0.717, 1.165) is 18.5 Å². The zero-order chi connectivity index (χ0) is 38.7. The molecule has 0 fully saturated rings. The molecule has 2 heteroatoms. The summed E-state index contributed by atoms with van der Waals surface area (Å²) < 4.78 is 2.64. The Labute approximate surface area is 337 Å². The maximum absolute atomic E-state index is 4.18. The Morgan fingerprint density at radius 1 is 0.714 bits per heavy atom. The maximum atomic E-state index is 4.18. The topological polar surface area (TPSA) is 3.24 Å². The molecule has 7 aromatic rings. The lowest BCUT2D eigenvalue weighted by atomic mass is 9.77. The van der Waals surface area contributed by atoms with Gasteiger partial charge in [-0.1, -0.05) is 185 Å². The van der Waals surface area contributed by atoms with Gasteiger partial charge in [0.05, 0.1) is 0 Å². The minimum Gasteiger partial charge on any atom is -0.338 e. The highest BCUT2D eigenvalue weighted by atomic mass is 32.1. The second-order valence-corrected chi connectivity index (χ2v) is 16.8. The van der Waals surface area contributed by atoms with Gasteiger partial charge < -0.3 is 4.90 Å². The molecule has 0 radical (unpaired) electrons. The van der Waals surface area contributed by atoms with Crippen molar-refractivity contribution in [3.05, 3.63) is 228 Å². The van der Waals surface area contributed by atoms with Gasteiger partial charge in [-0.3, -0.25) is 0 Å². The van der Waals surface area contributed by atoms with E-state index in [2.05, 4.69) is 203 Å². The molecule has 0 bridgehead atoms. The van der Waals surface area contributed by atoms with Crippen LogP contribution in [0.15, 0.2) is 200 Å². The van der Waals surface area contributed by atoms with Crippen molar-refractivity contribution in [3.63, 3.8) is 0 Å².